The Morgan fingerprint density at radius 2 is 1.34 bits per heavy atom. The van der Waals surface area contributed by atoms with Crippen molar-refractivity contribution in [2.45, 2.75) is 5.92 Å². The first kappa shape index (κ1) is 18.6. The minimum Gasteiger partial charge on any atom is -0.508 e. The number of rotatable bonds is 5. The highest BCUT2D eigenvalue weighted by Gasteiger charge is 2.32. The standard InChI is InChI=1S/C23H20N2O4/c26-16-11-9-15(10-12-16)22(27)24-13-14-25-23(28)21-17-5-1-3-7-19(17)29-20-8-4-2-6-18(20)21/h1-12,21,26H,13-14H2,(H,24,27)(H,25,28). The lowest BCUT2D eigenvalue weighted by Gasteiger charge is -2.27. The van der Waals surface area contributed by atoms with Crippen molar-refractivity contribution in [1.29, 1.82) is 0 Å². The van der Waals surface area contributed by atoms with Crippen molar-refractivity contribution in [3.05, 3.63) is 89.5 Å². The second-order valence-electron chi connectivity index (χ2n) is 6.70. The highest BCUT2D eigenvalue weighted by atomic mass is 16.5. The number of phenols is 1. The van der Waals surface area contributed by atoms with Gasteiger partial charge in [0.25, 0.3) is 5.91 Å². The Morgan fingerprint density at radius 1 is 0.793 bits per heavy atom. The summed E-state index contributed by atoms with van der Waals surface area (Å²) in [6.07, 6.45) is 0. The summed E-state index contributed by atoms with van der Waals surface area (Å²) in [4.78, 5) is 25.1. The third-order valence-corrected chi connectivity index (χ3v) is 4.78. The summed E-state index contributed by atoms with van der Waals surface area (Å²) in [5.41, 5.74) is 2.08. The number of fused-ring (bicyclic) bond motifs is 2. The summed E-state index contributed by atoms with van der Waals surface area (Å²) in [6.45, 7) is 0.586. The van der Waals surface area contributed by atoms with Crippen molar-refractivity contribution in [2.24, 2.45) is 0 Å². The van der Waals surface area contributed by atoms with E-state index in [-0.39, 0.29) is 24.1 Å². The molecule has 0 fully saturated rings. The van der Waals surface area contributed by atoms with Crippen LogP contribution in [0.15, 0.2) is 72.8 Å². The van der Waals surface area contributed by atoms with E-state index in [4.69, 9.17) is 4.74 Å². The van der Waals surface area contributed by atoms with Crippen LogP contribution in [0.1, 0.15) is 27.4 Å². The molecule has 0 aliphatic carbocycles. The molecule has 1 aliphatic rings. The number of benzene rings is 3. The molecule has 1 heterocycles. The SMILES string of the molecule is O=C(NCCNC(=O)C1c2ccccc2Oc2ccccc21)c1ccc(O)cc1. The average molecular weight is 388 g/mol. The predicted octanol–water partition coefficient (Wildman–Crippen LogP) is 3.18. The fourth-order valence-electron chi connectivity index (χ4n) is 3.37. The van der Waals surface area contributed by atoms with Gasteiger partial charge in [-0.2, -0.15) is 0 Å². The molecule has 146 valence electrons. The van der Waals surface area contributed by atoms with Crippen molar-refractivity contribution in [2.75, 3.05) is 13.1 Å². The first-order valence-electron chi connectivity index (χ1n) is 9.34. The van der Waals surface area contributed by atoms with Gasteiger partial charge in [-0.1, -0.05) is 36.4 Å². The normalized spacial score (nSPS) is 12.3. The van der Waals surface area contributed by atoms with Crippen molar-refractivity contribution in [1.82, 2.24) is 10.6 Å². The van der Waals surface area contributed by atoms with Crippen LogP contribution in [0.5, 0.6) is 17.2 Å². The number of aromatic hydroxyl groups is 1. The van der Waals surface area contributed by atoms with Gasteiger partial charge >= 0.3 is 0 Å². The first-order valence-corrected chi connectivity index (χ1v) is 9.34. The third-order valence-electron chi connectivity index (χ3n) is 4.78. The van der Waals surface area contributed by atoms with E-state index in [0.29, 0.717) is 23.6 Å². The Balaban J connectivity index is 1.40. The lowest BCUT2D eigenvalue weighted by atomic mass is 9.87. The van der Waals surface area contributed by atoms with Gasteiger partial charge in [0.1, 0.15) is 17.2 Å². The average Bonchev–Trinajstić information content (AvgIpc) is 2.75. The number of hydrogen-bond donors (Lipinski definition) is 3. The van der Waals surface area contributed by atoms with E-state index in [1.165, 1.54) is 12.1 Å². The van der Waals surface area contributed by atoms with Gasteiger partial charge in [-0.15, -0.1) is 0 Å². The molecule has 6 nitrogen and oxygen atoms in total. The number of amides is 2. The topological polar surface area (TPSA) is 87.7 Å². The Hall–Kier alpha value is -3.80. The molecule has 2 amide bonds. The van der Waals surface area contributed by atoms with Gasteiger partial charge in [-0.3, -0.25) is 9.59 Å². The summed E-state index contributed by atoms with van der Waals surface area (Å²) in [5, 5.41) is 14.9. The molecule has 4 rings (SSSR count). The molecule has 0 bridgehead atoms. The maximum atomic E-state index is 13.0. The van der Waals surface area contributed by atoms with Crippen LogP contribution < -0.4 is 15.4 Å². The molecule has 0 saturated carbocycles. The molecular formula is C23H20N2O4. The Bertz CT molecular complexity index is 1000. The number of hydrogen-bond acceptors (Lipinski definition) is 4. The van der Waals surface area contributed by atoms with Gasteiger partial charge in [-0.25, -0.2) is 0 Å². The monoisotopic (exact) mass is 388 g/mol. The van der Waals surface area contributed by atoms with E-state index < -0.39 is 5.92 Å². The first-order chi connectivity index (χ1) is 14.1. The van der Waals surface area contributed by atoms with Gasteiger partial charge in [0.15, 0.2) is 0 Å². The van der Waals surface area contributed by atoms with Crippen LogP contribution in [0.25, 0.3) is 0 Å². The van der Waals surface area contributed by atoms with Crippen molar-refractivity contribution in [3.63, 3.8) is 0 Å². The number of ether oxygens (including phenoxy) is 1. The van der Waals surface area contributed by atoms with Crippen molar-refractivity contribution >= 4 is 11.8 Å². The van der Waals surface area contributed by atoms with Crippen LogP contribution in [0.3, 0.4) is 0 Å². The largest absolute Gasteiger partial charge is 0.508 e. The quantitative estimate of drug-likeness (QED) is 0.586. The summed E-state index contributed by atoms with van der Waals surface area (Å²) >= 11 is 0. The van der Waals surface area contributed by atoms with E-state index in [2.05, 4.69) is 10.6 Å². The predicted molar refractivity (Wildman–Crippen MR) is 108 cm³/mol. The van der Waals surface area contributed by atoms with E-state index in [1.54, 1.807) is 12.1 Å². The zero-order valence-corrected chi connectivity index (χ0v) is 15.6. The summed E-state index contributed by atoms with van der Waals surface area (Å²) in [5.74, 6) is 0.571. The molecule has 3 aromatic rings. The lowest BCUT2D eigenvalue weighted by molar-refractivity contribution is -0.121. The van der Waals surface area contributed by atoms with E-state index in [1.807, 2.05) is 48.5 Å². The molecule has 29 heavy (non-hydrogen) atoms. The molecule has 0 unspecified atom stereocenters. The van der Waals surface area contributed by atoms with Crippen LogP contribution in [0.4, 0.5) is 0 Å². The van der Waals surface area contributed by atoms with Gasteiger partial charge in [0.2, 0.25) is 5.91 Å². The van der Waals surface area contributed by atoms with Crippen molar-refractivity contribution in [3.8, 4) is 17.2 Å². The summed E-state index contributed by atoms with van der Waals surface area (Å²) in [7, 11) is 0. The Morgan fingerprint density at radius 3 is 1.97 bits per heavy atom. The molecular weight excluding hydrogens is 368 g/mol. The Labute approximate surface area is 168 Å². The number of carbonyl (C=O) groups is 2. The van der Waals surface area contributed by atoms with Gasteiger partial charge in [0.05, 0.1) is 5.92 Å². The fraction of sp³-hybridized carbons (Fsp3) is 0.130. The zero-order chi connectivity index (χ0) is 20.2. The van der Waals surface area contributed by atoms with Gasteiger partial charge in [0, 0.05) is 29.8 Å². The van der Waals surface area contributed by atoms with Crippen LogP contribution in [0, 0.1) is 0 Å². The third kappa shape index (κ3) is 3.91. The second kappa shape index (κ2) is 8.06. The highest BCUT2D eigenvalue weighted by molar-refractivity contribution is 5.94. The van der Waals surface area contributed by atoms with E-state index >= 15 is 0 Å². The van der Waals surface area contributed by atoms with Crippen LogP contribution in [0.2, 0.25) is 0 Å². The lowest BCUT2D eigenvalue weighted by Crippen LogP contribution is -2.37. The van der Waals surface area contributed by atoms with Gasteiger partial charge in [-0.05, 0) is 36.4 Å². The zero-order valence-electron chi connectivity index (χ0n) is 15.6. The molecule has 6 heteroatoms. The second-order valence-corrected chi connectivity index (χ2v) is 6.70. The molecule has 0 aromatic heterocycles. The van der Waals surface area contributed by atoms with Crippen LogP contribution in [-0.2, 0) is 4.79 Å². The molecule has 3 N–H and O–H groups in total. The molecule has 0 atom stereocenters. The molecule has 0 spiro atoms. The molecule has 0 saturated heterocycles. The summed E-state index contributed by atoms with van der Waals surface area (Å²) < 4.78 is 5.92. The molecule has 0 radical (unpaired) electrons. The van der Waals surface area contributed by atoms with Crippen LogP contribution >= 0.6 is 0 Å². The molecule has 1 aliphatic heterocycles. The number of carbonyl (C=O) groups excluding carboxylic acids is 2. The number of nitrogens with one attached hydrogen (secondary N) is 2. The van der Waals surface area contributed by atoms with Gasteiger partial charge < -0.3 is 20.5 Å². The van der Waals surface area contributed by atoms with Crippen LogP contribution in [-0.4, -0.2) is 30.0 Å². The Kier molecular flexibility index (Phi) is 5.16. The van der Waals surface area contributed by atoms with E-state index in [0.717, 1.165) is 11.1 Å². The fourth-order valence-corrected chi connectivity index (χ4v) is 3.37. The highest BCUT2D eigenvalue weighted by Crippen LogP contribution is 2.43. The minimum absolute atomic E-state index is 0.103. The maximum absolute atomic E-state index is 13.0. The summed E-state index contributed by atoms with van der Waals surface area (Å²) in [6, 6.07) is 21.0. The van der Waals surface area contributed by atoms with Crippen molar-refractivity contribution < 1.29 is 19.4 Å². The minimum atomic E-state index is -0.469. The van der Waals surface area contributed by atoms with E-state index in [9.17, 15) is 14.7 Å². The maximum Gasteiger partial charge on any atom is 0.251 e. The number of para-hydroxylation sites is 2. The molecule has 3 aromatic carbocycles. The smallest absolute Gasteiger partial charge is 0.251 e. The number of phenolic OH excluding ortho intramolecular Hbond substituents is 1.